The lowest BCUT2D eigenvalue weighted by atomic mass is 9.99. The predicted octanol–water partition coefficient (Wildman–Crippen LogP) is 6.05. The molecule has 1 aromatic heterocycles. The lowest BCUT2D eigenvalue weighted by Crippen LogP contribution is -2.38. The third kappa shape index (κ3) is 9.66. The number of amides is 2. The van der Waals surface area contributed by atoms with E-state index in [-0.39, 0.29) is 36.0 Å². The van der Waals surface area contributed by atoms with Crippen LogP contribution in [0.15, 0.2) is 60.9 Å². The van der Waals surface area contributed by atoms with Gasteiger partial charge in [0.05, 0.1) is 36.4 Å². The highest BCUT2D eigenvalue weighted by molar-refractivity contribution is 6.31. The Morgan fingerprint density at radius 1 is 1.00 bits per heavy atom. The Morgan fingerprint density at radius 2 is 1.74 bits per heavy atom. The second kappa shape index (κ2) is 15.4. The summed E-state index contributed by atoms with van der Waals surface area (Å²) in [5, 5.41) is 8.74. The van der Waals surface area contributed by atoms with Crippen molar-refractivity contribution in [1.29, 1.82) is 0 Å². The van der Waals surface area contributed by atoms with Crippen LogP contribution >= 0.6 is 11.6 Å². The number of halogens is 2. The number of rotatable bonds is 12. The van der Waals surface area contributed by atoms with Crippen molar-refractivity contribution in [1.82, 2.24) is 15.3 Å². The molecule has 0 radical (unpaired) electrons. The standard InChI is InChI=1S/C33H35ClFN5O7/c1-33(2,3)47-32(43)36-16-20(31(42)45-5)13-19-9-11-21(12-10-19)39-28(41)17-46-27-14-22-25(15-26(27)44-4)37-18-38-30(22)40-24-8-6-7-23(34)29(24)35/h6-12,14-15,18,20H,13,16-17H2,1-5H3,(H,36,43)(H,39,41)(H,37,38,40)/t20-/m1/s1. The number of nitrogens with zero attached hydrogens (tertiary/aromatic N) is 2. The maximum Gasteiger partial charge on any atom is 0.407 e. The van der Waals surface area contributed by atoms with E-state index in [1.165, 1.54) is 32.7 Å². The van der Waals surface area contributed by atoms with E-state index >= 15 is 0 Å². The van der Waals surface area contributed by atoms with Gasteiger partial charge in [0.1, 0.15) is 17.7 Å². The van der Waals surface area contributed by atoms with Crippen LogP contribution in [0.25, 0.3) is 10.9 Å². The number of hydrogen-bond acceptors (Lipinski definition) is 10. The lowest BCUT2D eigenvalue weighted by Gasteiger charge is -2.21. The number of hydrogen-bond donors (Lipinski definition) is 3. The molecule has 0 spiro atoms. The Balaban J connectivity index is 1.39. The minimum Gasteiger partial charge on any atom is -0.493 e. The first-order chi connectivity index (χ1) is 22.4. The molecular formula is C33H35ClFN5O7. The van der Waals surface area contributed by atoms with Crippen molar-refractivity contribution >= 4 is 57.7 Å². The van der Waals surface area contributed by atoms with Gasteiger partial charge in [-0.3, -0.25) is 9.59 Å². The van der Waals surface area contributed by atoms with Gasteiger partial charge in [-0.25, -0.2) is 19.2 Å². The minimum atomic E-state index is -0.673. The van der Waals surface area contributed by atoms with E-state index in [4.69, 9.17) is 30.5 Å². The SMILES string of the molecule is COC(=O)[C@@H](CNC(=O)OC(C)(C)C)Cc1ccc(NC(=O)COc2cc3c(Nc4cccc(Cl)c4F)ncnc3cc2OC)cc1. The first-order valence-electron chi connectivity index (χ1n) is 14.5. The molecule has 0 aliphatic heterocycles. The molecule has 0 saturated heterocycles. The summed E-state index contributed by atoms with van der Waals surface area (Å²) < 4.78 is 35.9. The summed E-state index contributed by atoms with van der Waals surface area (Å²) in [7, 11) is 2.73. The number of anilines is 3. The van der Waals surface area contributed by atoms with Gasteiger partial charge in [0.25, 0.3) is 5.91 Å². The van der Waals surface area contributed by atoms with Crippen LogP contribution in [-0.4, -0.2) is 60.9 Å². The van der Waals surface area contributed by atoms with Gasteiger partial charge in [0, 0.05) is 23.7 Å². The Morgan fingerprint density at radius 3 is 2.43 bits per heavy atom. The largest absolute Gasteiger partial charge is 0.493 e. The number of methoxy groups -OCH3 is 2. The maximum absolute atomic E-state index is 14.5. The van der Waals surface area contributed by atoms with Gasteiger partial charge >= 0.3 is 12.1 Å². The Kier molecular flexibility index (Phi) is 11.4. The van der Waals surface area contributed by atoms with E-state index in [2.05, 4.69) is 25.9 Å². The Labute approximate surface area is 275 Å². The van der Waals surface area contributed by atoms with Crippen molar-refractivity contribution in [2.24, 2.45) is 5.92 Å². The topological polar surface area (TPSA) is 150 Å². The number of nitrogens with one attached hydrogen (secondary N) is 3. The number of alkyl carbamates (subject to hydrolysis) is 1. The molecule has 0 fully saturated rings. The summed E-state index contributed by atoms with van der Waals surface area (Å²) in [5.74, 6) is -1.34. The molecule has 14 heteroatoms. The predicted molar refractivity (Wildman–Crippen MR) is 175 cm³/mol. The van der Waals surface area contributed by atoms with Crippen molar-refractivity contribution in [3.8, 4) is 11.5 Å². The van der Waals surface area contributed by atoms with Crippen LogP contribution in [0.2, 0.25) is 5.02 Å². The van der Waals surface area contributed by atoms with Crippen LogP contribution in [0.1, 0.15) is 26.3 Å². The normalized spacial score (nSPS) is 11.7. The fourth-order valence-corrected chi connectivity index (χ4v) is 4.61. The second-order valence-electron chi connectivity index (χ2n) is 11.3. The average molecular weight is 668 g/mol. The van der Waals surface area contributed by atoms with Gasteiger partial charge in [0.15, 0.2) is 23.9 Å². The molecule has 0 aliphatic carbocycles. The van der Waals surface area contributed by atoms with Gasteiger partial charge in [0.2, 0.25) is 0 Å². The Hall–Kier alpha value is -5.17. The minimum absolute atomic E-state index is 0.0246. The summed E-state index contributed by atoms with van der Waals surface area (Å²) in [4.78, 5) is 45.7. The smallest absolute Gasteiger partial charge is 0.407 e. The van der Waals surface area contributed by atoms with Crippen molar-refractivity contribution in [2.45, 2.75) is 32.8 Å². The van der Waals surface area contributed by atoms with Crippen LogP contribution in [0, 0.1) is 11.7 Å². The molecular weight excluding hydrogens is 633 g/mol. The van der Waals surface area contributed by atoms with Crippen LogP contribution < -0.4 is 25.4 Å². The summed E-state index contributed by atoms with van der Waals surface area (Å²) >= 11 is 5.92. The Bertz CT molecular complexity index is 1750. The van der Waals surface area contributed by atoms with Crippen molar-refractivity contribution in [2.75, 3.05) is 38.0 Å². The molecule has 3 N–H and O–H groups in total. The van der Waals surface area contributed by atoms with Gasteiger partial charge in [-0.15, -0.1) is 0 Å². The first-order valence-corrected chi connectivity index (χ1v) is 14.8. The monoisotopic (exact) mass is 667 g/mol. The molecule has 0 bridgehead atoms. The fourth-order valence-electron chi connectivity index (χ4n) is 4.44. The molecule has 3 aromatic carbocycles. The number of esters is 1. The van der Waals surface area contributed by atoms with Crippen LogP contribution in [0.3, 0.4) is 0 Å². The van der Waals surface area contributed by atoms with Crippen LogP contribution in [0.4, 0.5) is 26.4 Å². The van der Waals surface area contributed by atoms with Crippen molar-refractivity contribution in [3.63, 3.8) is 0 Å². The summed E-state index contributed by atoms with van der Waals surface area (Å²) in [6.45, 7) is 4.90. The zero-order chi connectivity index (χ0) is 34.1. The second-order valence-corrected chi connectivity index (χ2v) is 11.7. The molecule has 248 valence electrons. The third-order valence-corrected chi connectivity index (χ3v) is 6.92. The van der Waals surface area contributed by atoms with Crippen LogP contribution in [-0.2, 0) is 25.5 Å². The molecule has 4 rings (SSSR count). The van der Waals surface area contributed by atoms with Crippen molar-refractivity contribution < 1.29 is 37.7 Å². The maximum atomic E-state index is 14.5. The zero-order valence-corrected chi connectivity index (χ0v) is 27.2. The summed E-state index contributed by atoms with van der Waals surface area (Å²) in [6, 6.07) is 14.6. The lowest BCUT2D eigenvalue weighted by molar-refractivity contribution is -0.145. The molecule has 0 saturated carbocycles. The number of ether oxygens (including phenoxy) is 4. The molecule has 0 aliphatic rings. The molecule has 12 nitrogen and oxygen atoms in total. The molecule has 2 amide bonds. The number of fused-ring (bicyclic) bond motifs is 1. The number of benzene rings is 3. The van der Waals surface area contributed by atoms with Crippen LogP contribution in [0.5, 0.6) is 11.5 Å². The van der Waals surface area contributed by atoms with E-state index in [0.717, 1.165) is 5.56 Å². The van der Waals surface area contributed by atoms with E-state index < -0.39 is 35.3 Å². The van der Waals surface area contributed by atoms with Gasteiger partial charge in [-0.05, 0) is 63.1 Å². The quantitative estimate of drug-likeness (QED) is 0.152. The van der Waals surface area contributed by atoms with Gasteiger partial charge in [-0.2, -0.15) is 0 Å². The first kappa shape index (κ1) is 34.7. The molecule has 1 atom stereocenters. The average Bonchev–Trinajstić information content (AvgIpc) is 3.03. The highest BCUT2D eigenvalue weighted by Gasteiger charge is 2.23. The molecule has 47 heavy (non-hydrogen) atoms. The number of carbonyl (C=O) groups excluding carboxylic acids is 3. The molecule has 4 aromatic rings. The molecule has 0 unspecified atom stereocenters. The van der Waals surface area contributed by atoms with E-state index in [0.29, 0.717) is 28.2 Å². The van der Waals surface area contributed by atoms with Gasteiger partial charge in [-0.1, -0.05) is 29.8 Å². The molecule has 1 heterocycles. The highest BCUT2D eigenvalue weighted by Crippen LogP contribution is 2.35. The number of aromatic nitrogens is 2. The van der Waals surface area contributed by atoms with E-state index in [1.54, 1.807) is 63.2 Å². The zero-order valence-electron chi connectivity index (χ0n) is 26.5. The number of carbonyl (C=O) groups is 3. The highest BCUT2D eigenvalue weighted by atomic mass is 35.5. The van der Waals surface area contributed by atoms with Gasteiger partial charge < -0.3 is 34.9 Å². The van der Waals surface area contributed by atoms with Crippen molar-refractivity contribution in [3.05, 3.63) is 77.3 Å². The van der Waals surface area contributed by atoms with E-state index in [9.17, 15) is 18.8 Å². The fraction of sp³-hybridized carbons (Fsp3) is 0.303. The third-order valence-electron chi connectivity index (χ3n) is 6.63. The summed E-state index contributed by atoms with van der Waals surface area (Å²) in [5.41, 5.74) is 1.23. The van der Waals surface area contributed by atoms with E-state index in [1.807, 2.05) is 0 Å². The summed E-state index contributed by atoms with van der Waals surface area (Å²) in [6.07, 6.45) is 0.973.